The van der Waals surface area contributed by atoms with Crippen molar-refractivity contribution in [1.29, 1.82) is 0 Å². The van der Waals surface area contributed by atoms with Gasteiger partial charge in [0.15, 0.2) is 0 Å². The molecule has 1 unspecified atom stereocenters. The average molecular weight is 259 g/mol. The molecule has 0 bridgehead atoms. The smallest absolute Gasteiger partial charge is 0.256 e. The number of rotatable bonds is 1. The summed E-state index contributed by atoms with van der Waals surface area (Å²) >= 11 is 0. The number of pyridine rings is 1. The second kappa shape index (κ2) is 4.15. The molecule has 1 saturated heterocycles. The summed E-state index contributed by atoms with van der Waals surface area (Å²) in [7, 11) is 0. The van der Waals surface area contributed by atoms with Crippen LogP contribution in [0.25, 0.3) is 0 Å². The molecule has 1 fully saturated rings. The van der Waals surface area contributed by atoms with Crippen molar-refractivity contribution >= 4 is 17.7 Å². The van der Waals surface area contributed by atoms with E-state index in [1.54, 1.807) is 12.1 Å². The van der Waals surface area contributed by atoms with Crippen LogP contribution in [0.1, 0.15) is 34.6 Å². The van der Waals surface area contributed by atoms with Crippen LogP contribution in [0, 0.1) is 6.92 Å². The van der Waals surface area contributed by atoms with E-state index in [9.17, 15) is 14.4 Å². The van der Waals surface area contributed by atoms with E-state index in [0.29, 0.717) is 24.2 Å². The highest BCUT2D eigenvalue weighted by Gasteiger charge is 2.39. The maximum absolute atomic E-state index is 12.3. The van der Waals surface area contributed by atoms with Crippen LogP contribution in [0.4, 0.5) is 0 Å². The maximum Gasteiger partial charge on any atom is 0.256 e. The molecule has 3 heterocycles. The van der Waals surface area contributed by atoms with Gasteiger partial charge in [0.1, 0.15) is 6.04 Å². The number of aromatic nitrogens is 1. The zero-order chi connectivity index (χ0) is 13.6. The van der Waals surface area contributed by atoms with Crippen LogP contribution in [0.3, 0.4) is 0 Å². The Kier molecular flexibility index (Phi) is 2.58. The van der Waals surface area contributed by atoms with E-state index < -0.39 is 11.9 Å². The van der Waals surface area contributed by atoms with Gasteiger partial charge in [0.25, 0.3) is 5.91 Å². The highest BCUT2D eigenvalue weighted by molar-refractivity contribution is 6.05. The van der Waals surface area contributed by atoms with Gasteiger partial charge in [-0.05, 0) is 25.5 Å². The molecule has 0 aliphatic carbocycles. The van der Waals surface area contributed by atoms with Crippen LogP contribution in [-0.4, -0.2) is 33.6 Å². The number of amides is 3. The topological polar surface area (TPSA) is 79.4 Å². The minimum atomic E-state index is -0.570. The number of hydrogen-bond donors (Lipinski definition) is 1. The molecule has 1 N–H and O–H groups in total. The predicted octanol–water partition coefficient (Wildman–Crippen LogP) is 0.151. The van der Waals surface area contributed by atoms with E-state index in [2.05, 4.69) is 10.3 Å². The molecule has 0 saturated carbocycles. The van der Waals surface area contributed by atoms with Gasteiger partial charge >= 0.3 is 0 Å². The minimum Gasteiger partial charge on any atom is -0.321 e. The second-order valence-corrected chi connectivity index (χ2v) is 4.85. The lowest BCUT2D eigenvalue weighted by atomic mass is 10.0. The van der Waals surface area contributed by atoms with Crippen molar-refractivity contribution in [3.63, 3.8) is 0 Å². The van der Waals surface area contributed by atoms with E-state index in [-0.39, 0.29) is 18.2 Å². The van der Waals surface area contributed by atoms with Gasteiger partial charge < -0.3 is 4.90 Å². The molecule has 0 radical (unpaired) electrons. The van der Waals surface area contributed by atoms with E-state index in [0.717, 1.165) is 5.69 Å². The first-order valence-corrected chi connectivity index (χ1v) is 6.17. The molecule has 19 heavy (non-hydrogen) atoms. The van der Waals surface area contributed by atoms with Gasteiger partial charge in [-0.2, -0.15) is 0 Å². The van der Waals surface area contributed by atoms with Gasteiger partial charge in [-0.25, -0.2) is 0 Å². The van der Waals surface area contributed by atoms with Gasteiger partial charge in [0, 0.05) is 12.1 Å². The first kappa shape index (κ1) is 11.8. The molecule has 6 heteroatoms. The molecule has 2 aliphatic rings. The SMILES string of the molecule is Cc1ccc2c(n1)CN(C1CCC(=O)NC1=O)C2=O. The molecule has 0 aromatic carbocycles. The van der Waals surface area contributed by atoms with Crippen LogP contribution in [0.5, 0.6) is 0 Å². The molecule has 3 amide bonds. The fraction of sp³-hybridized carbons (Fsp3) is 0.385. The van der Waals surface area contributed by atoms with Crippen molar-refractivity contribution < 1.29 is 14.4 Å². The fourth-order valence-corrected chi connectivity index (χ4v) is 2.54. The maximum atomic E-state index is 12.3. The normalized spacial score (nSPS) is 22.5. The van der Waals surface area contributed by atoms with E-state index >= 15 is 0 Å². The van der Waals surface area contributed by atoms with Crippen LogP contribution in [0.15, 0.2) is 12.1 Å². The van der Waals surface area contributed by atoms with Gasteiger partial charge in [-0.1, -0.05) is 0 Å². The number of nitrogens with one attached hydrogen (secondary N) is 1. The van der Waals surface area contributed by atoms with E-state index in [1.165, 1.54) is 4.90 Å². The molecular formula is C13H13N3O3. The summed E-state index contributed by atoms with van der Waals surface area (Å²) < 4.78 is 0. The molecule has 6 nitrogen and oxygen atoms in total. The molecule has 1 aromatic rings. The zero-order valence-corrected chi connectivity index (χ0v) is 10.5. The Labute approximate surface area is 109 Å². The third-order valence-corrected chi connectivity index (χ3v) is 3.51. The number of fused-ring (bicyclic) bond motifs is 1. The van der Waals surface area contributed by atoms with Crippen LogP contribution >= 0.6 is 0 Å². The Morgan fingerprint density at radius 2 is 2.11 bits per heavy atom. The summed E-state index contributed by atoms with van der Waals surface area (Å²) in [5, 5.41) is 2.27. The highest BCUT2D eigenvalue weighted by Crippen LogP contribution is 2.26. The lowest BCUT2D eigenvalue weighted by Crippen LogP contribution is -2.52. The van der Waals surface area contributed by atoms with Crippen molar-refractivity contribution in [3.05, 3.63) is 29.1 Å². The van der Waals surface area contributed by atoms with E-state index in [1.807, 2.05) is 6.92 Å². The number of carbonyl (C=O) groups is 3. The van der Waals surface area contributed by atoms with Crippen molar-refractivity contribution in [2.24, 2.45) is 0 Å². The van der Waals surface area contributed by atoms with Gasteiger partial charge in [0.2, 0.25) is 11.8 Å². The van der Waals surface area contributed by atoms with Crippen molar-refractivity contribution in [2.75, 3.05) is 0 Å². The van der Waals surface area contributed by atoms with Crippen LogP contribution in [0.2, 0.25) is 0 Å². The zero-order valence-electron chi connectivity index (χ0n) is 10.5. The van der Waals surface area contributed by atoms with Crippen molar-refractivity contribution in [2.45, 2.75) is 32.4 Å². The quantitative estimate of drug-likeness (QED) is 0.728. The van der Waals surface area contributed by atoms with Gasteiger partial charge in [-0.3, -0.25) is 24.7 Å². The third kappa shape index (κ3) is 1.89. The third-order valence-electron chi connectivity index (χ3n) is 3.51. The number of imide groups is 1. The van der Waals surface area contributed by atoms with Crippen molar-refractivity contribution in [3.8, 4) is 0 Å². The van der Waals surface area contributed by atoms with Crippen LogP contribution < -0.4 is 5.32 Å². The largest absolute Gasteiger partial charge is 0.321 e. The Bertz CT molecular complexity index is 597. The summed E-state index contributed by atoms with van der Waals surface area (Å²) in [5.74, 6) is -0.856. The molecule has 1 atom stereocenters. The Morgan fingerprint density at radius 1 is 1.32 bits per heavy atom. The number of hydrogen-bond acceptors (Lipinski definition) is 4. The first-order chi connectivity index (χ1) is 9.06. The number of aryl methyl sites for hydroxylation is 1. The number of carbonyl (C=O) groups excluding carboxylic acids is 3. The summed E-state index contributed by atoms with van der Waals surface area (Å²) in [6, 6.07) is 2.95. The molecule has 2 aliphatic heterocycles. The Balaban J connectivity index is 1.87. The predicted molar refractivity (Wildman–Crippen MR) is 65.0 cm³/mol. The molecule has 0 spiro atoms. The van der Waals surface area contributed by atoms with Gasteiger partial charge in [-0.15, -0.1) is 0 Å². The minimum absolute atomic E-state index is 0.183. The number of piperidine rings is 1. The Hall–Kier alpha value is -2.24. The summed E-state index contributed by atoms with van der Waals surface area (Å²) in [4.78, 5) is 41.0. The molecule has 1 aromatic heterocycles. The fourth-order valence-electron chi connectivity index (χ4n) is 2.54. The van der Waals surface area contributed by atoms with E-state index in [4.69, 9.17) is 0 Å². The molecule has 98 valence electrons. The highest BCUT2D eigenvalue weighted by atomic mass is 16.2. The number of nitrogens with zero attached hydrogens (tertiary/aromatic N) is 2. The monoisotopic (exact) mass is 259 g/mol. The summed E-state index contributed by atoms with van der Waals surface area (Å²) in [6.45, 7) is 2.20. The second-order valence-electron chi connectivity index (χ2n) is 4.85. The average Bonchev–Trinajstić information content (AvgIpc) is 2.66. The lowest BCUT2D eigenvalue weighted by Gasteiger charge is -2.29. The first-order valence-electron chi connectivity index (χ1n) is 6.17. The molecule has 3 rings (SSSR count). The summed E-state index contributed by atoms with van der Waals surface area (Å²) in [6.07, 6.45) is 0.645. The van der Waals surface area contributed by atoms with Crippen LogP contribution in [-0.2, 0) is 16.1 Å². The summed E-state index contributed by atoms with van der Waals surface area (Å²) in [5.41, 5.74) is 2.10. The lowest BCUT2D eigenvalue weighted by molar-refractivity contribution is -0.136. The van der Waals surface area contributed by atoms with Gasteiger partial charge in [0.05, 0.1) is 17.8 Å². The van der Waals surface area contributed by atoms with Crippen molar-refractivity contribution in [1.82, 2.24) is 15.2 Å². The standard InChI is InChI=1S/C13H13N3O3/c1-7-2-3-8-9(14-7)6-16(13(8)19)10-4-5-11(17)15-12(10)18/h2-3,10H,4-6H2,1H3,(H,15,17,18). The Morgan fingerprint density at radius 3 is 2.84 bits per heavy atom. The molecular weight excluding hydrogens is 246 g/mol.